The van der Waals surface area contributed by atoms with E-state index in [1.807, 2.05) is 13.8 Å². The van der Waals surface area contributed by atoms with Crippen LogP contribution in [0.4, 0.5) is 23.8 Å². The van der Waals surface area contributed by atoms with E-state index in [9.17, 15) is 18.0 Å². The zero-order valence-electron chi connectivity index (χ0n) is 13.1. The molecule has 128 valence electrons. The third-order valence-electron chi connectivity index (χ3n) is 3.55. The number of alkyl halides is 3. The van der Waals surface area contributed by atoms with Gasteiger partial charge in [0.25, 0.3) is 0 Å². The number of amides is 2. The van der Waals surface area contributed by atoms with Crippen LogP contribution in [0.5, 0.6) is 0 Å². The number of carbonyl (C=O) groups is 1. The first-order valence-corrected chi connectivity index (χ1v) is 7.46. The second kappa shape index (κ2) is 7.16. The summed E-state index contributed by atoms with van der Waals surface area (Å²) >= 11 is 0. The maximum Gasteiger partial charge on any atom is 0.416 e. The van der Waals surface area contributed by atoms with E-state index in [2.05, 4.69) is 10.3 Å². The summed E-state index contributed by atoms with van der Waals surface area (Å²) < 4.78 is 43.5. The molecule has 0 aliphatic carbocycles. The van der Waals surface area contributed by atoms with Crippen molar-refractivity contribution in [2.24, 2.45) is 5.92 Å². The van der Waals surface area contributed by atoms with Gasteiger partial charge >= 0.3 is 12.2 Å². The average Bonchev–Trinajstić information content (AvgIpc) is 2.46. The fourth-order valence-corrected chi connectivity index (χ4v) is 2.52. The molecule has 5 nitrogen and oxygen atoms in total. The van der Waals surface area contributed by atoms with Gasteiger partial charge in [0.2, 0.25) is 0 Å². The quantitative estimate of drug-likeness (QED) is 0.924. The van der Waals surface area contributed by atoms with Gasteiger partial charge in [-0.1, -0.05) is 13.8 Å². The van der Waals surface area contributed by atoms with E-state index >= 15 is 0 Å². The molecule has 8 heteroatoms. The Hall–Kier alpha value is -1.83. The third-order valence-corrected chi connectivity index (χ3v) is 3.55. The smallest absolute Gasteiger partial charge is 0.377 e. The van der Waals surface area contributed by atoms with Crippen molar-refractivity contribution in [3.8, 4) is 0 Å². The van der Waals surface area contributed by atoms with Crippen molar-refractivity contribution in [2.75, 3.05) is 25.1 Å². The highest BCUT2D eigenvalue weighted by Crippen LogP contribution is 2.30. The second-order valence-corrected chi connectivity index (χ2v) is 5.91. The number of rotatable bonds is 3. The Kier molecular flexibility index (Phi) is 5.46. The van der Waals surface area contributed by atoms with E-state index in [-0.39, 0.29) is 11.9 Å². The number of nitrogens with zero attached hydrogens (tertiary/aromatic N) is 2. The van der Waals surface area contributed by atoms with Gasteiger partial charge in [-0.25, -0.2) is 9.78 Å². The summed E-state index contributed by atoms with van der Waals surface area (Å²) in [5.74, 6) is 0.267. The fourth-order valence-electron chi connectivity index (χ4n) is 2.52. The topological polar surface area (TPSA) is 54.5 Å². The molecule has 1 aromatic heterocycles. The molecule has 1 saturated heterocycles. The Labute approximate surface area is 132 Å². The van der Waals surface area contributed by atoms with E-state index in [1.54, 1.807) is 4.90 Å². The second-order valence-electron chi connectivity index (χ2n) is 5.91. The minimum atomic E-state index is -4.47. The Morgan fingerprint density at radius 2 is 2.26 bits per heavy atom. The first-order valence-electron chi connectivity index (χ1n) is 7.46. The number of hydrogen-bond donors (Lipinski definition) is 1. The number of ether oxygens (including phenoxy) is 1. The molecule has 2 rings (SSSR count). The molecule has 1 atom stereocenters. The van der Waals surface area contributed by atoms with Crippen LogP contribution in [-0.2, 0) is 10.9 Å². The molecule has 2 heterocycles. The van der Waals surface area contributed by atoms with E-state index in [4.69, 9.17) is 4.74 Å². The van der Waals surface area contributed by atoms with Crippen molar-refractivity contribution >= 4 is 11.8 Å². The lowest BCUT2D eigenvalue weighted by Crippen LogP contribution is -2.50. The number of hydrogen-bond acceptors (Lipinski definition) is 3. The Balaban J connectivity index is 2.08. The lowest BCUT2D eigenvalue weighted by Gasteiger charge is -2.36. The summed E-state index contributed by atoms with van der Waals surface area (Å²) in [6.07, 6.45) is -2.67. The highest BCUT2D eigenvalue weighted by molar-refractivity contribution is 5.88. The van der Waals surface area contributed by atoms with Crippen LogP contribution in [0, 0.1) is 5.92 Å². The van der Waals surface area contributed by atoms with Crippen LogP contribution in [-0.4, -0.2) is 41.7 Å². The number of nitrogens with one attached hydrogen (secondary N) is 1. The van der Waals surface area contributed by atoms with Crippen molar-refractivity contribution in [1.82, 2.24) is 9.88 Å². The molecular formula is C15H20F3N3O2. The Morgan fingerprint density at radius 3 is 2.91 bits per heavy atom. The summed E-state index contributed by atoms with van der Waals surface area (Å²) in [6.45, 7) is 5.33. The molecular weight excluding hydrogens is 311 g/mol. The summed E-state index contributed by atoms with van der Waals surface area (Å²) in [6, 6.07) is 1.15. The zero-order valence-corrected chi connectivity index (χ0v) is 13.1. The molecule has 0 radical (unpaired) electrons. The fraction of sp³-hybridized carbons (Fsp3) is 0.600. The average molecular weight is 331 g/mol. The standard InChI is InChI=1S/C15H20F3N3O2/c1-10(2)7-12-9-23-6-5-21(12)14(22)20-13-8-11(3-4-19-13)15(16,17)18/h3-4,8,10,12H,5-7,9H2,1-2H3,(H,19,20,22). The van der Waals surface area contributed by atoms with Crippen molar-refractivity contribution in [3.05, 3.63) is 23.9 Å². The van der Waals surface area contributed by atoms with Gasteiger partial charge < -0.3 is 9.64 Å². The Morgan fingerprint density at radius 1 is 1.52 bits per heavy atom. The molecule has 0 bridgehead atoms. The normalized spacial score (nSPS) is 19.0. The lowest BCUT2D eigenvalue weighted by atomic mass is 10.0. The van der Waals surface area contributed by atoms with Crippen LogP contribution in [0.15, 0.2) is 18.3 Å². The molecule has 1 aliphatic rings. The molecule has 0 aromatic carbocycles. The number of urea groups is 1. The van der Waals surface area contributed by atoms with Gasteiger partial charge in [0.05, 0.1) is 24.8 Å². The molecule has 0 saturated carbocycles. The molecule has 1 fully saturated rings. The van der Waals surface area contributed by atoms with Gasteiger partial charge in [-0.2, -0.15) is 13.2 Å². The minimum absolute atomic E-state index is 0.0884. The van der Waals surface area contributed by atoms with E-state index in [0.717, 1.165) is 24.8 Å². The van der Waals surface area contributed by atoms with Crippen LogP contribution in [0.2, 0.25) is 0 Å². The Bertz CT molecular complexity index is 549. The molecule has 2 amide bonds. The zero-order chi connectivity index (χ0) is 17.0. The van der Waals surface area contributed by atoms with E-state index < -0.39 is 17.8 Å². The largest absolute Gasteiger partial charge is 0.416 e. The molecule has 1 N–H and O–H groups in total. The maximum absolute atomic E-state index is 12.7. The van der Waals surface area contributed by atoms with E-state index in [0.29, 0.717) is 25.7 Å². The minimum Gasteiger partial charge on any atom is -0.377 e. The maximum atomic E-state index is 12.7. The van der Waals surface area contributed by atoms with Crippen LogP contribution in [0.1, 0.15) is 25.8 Å². The van der Waals surface area contributed by atoms with Crippen LogP contribution in [0.3, 0.4) is 0 Å². The number of pyridine rings is 1. The third kappa shape index (κ3) is 4.82. The number of carbonyl (C=O) groups excluding carboxylic acids is 1. The summed E-state index contributed by atoms with van der Waals surface area (Å²) in [5, 5.41) is 2.45. The summed E-state index contributed by atoms with van der Waals surface area (Å²) in [5.41, 5.74) is -0.844. The predicted octanol–water partition coefficient (Wildman–Crippen LogP) is 3.38. The van der Waals surface area contributed by atoms with Crippen molar-refractivity contribution in [1.29, 1.82) is 0 Å². The number of morpholine rings is 1. The van der Waals surface area contributed by atoms with Crippen LogP contribution < -0.4 is 5.32 Å². The number of halogens is 3. The molecule has 1 aliphatic heterocycles. The van der Waals surface area contributed by atoms with Gasteiger partial charge in [-0.15, -0.1) is 0 Å². The predicted molar refractivity (Wildman–Crippen MR) is 79.0 cm³/mol. The summed E-state index contributed by atoms with van der Waals surface area (Å²) in [4.78, 5) is 17.7. The van der Waals surface area contributed by atoms with Crippen molar-refractivity contribution in [3.63, 3.8) is 0 Å². The van der Waals surface area contributed by atoms with Gasteiger partial charge in [0.1, 0.15) is 5.82 Å². The highest BCUT2D eigenvalue weighted by Gasteiger charge is 2.32. The van der Waals surface area contributed by atoms with Crippen LogP contribution in [0.25, 0.3) is 0 Å². The molecule has 0 spiro atoms. The monoisotopic (exact) mass is 331 g/mol. The SMILES string of the molecule is CC(C)CC1COCCN1C(=O)Nc1cc(C(F)(F)F)ccn1. The molecule has 1 unspecified atom stereocenters. The van der Waals surface area contributed by atoms with Crippen LogP contribution >= 0.6 is 0 Å². The first-order chi connectivity index (χ1) is 10.8. The lowest BCUT2D eigenvalue weighted by molar-refractivity contribution is -0.137. The van der Waals surface area contributed by atoms with Gasteiger partial charge in [-0.05, 0) is 24.5 Å². The van der Waals surface area contributed by atoms with Crippen molar-refractivity contribution in [2.45, 2.75) is 32.5 Å². The van der Waals surface area contributed by atoms with Gasteiger partial charge in [0.15, 0.2) is 0 Å². The molecule has 1 aromatic rings. The van der Waals surface area contributed by atoms with Gasteiger partial charge in [-0.3, -0.25) is 5.32 Å². The highest BCUT2D eigenvalue weighted by atomic mass is 19.4. The first kappa shape index (κ1) is 17.5. The molecule has 23 heavy (non-hydrogen) atoms. The van der Waals surface area contributed by atoms with E-state index in [1.165, 1.54) is 0 Å². The number of anilines is 1. The number of aromatic nitrogens is 1. The van der Waals surface area contributed by atoms with Crippen molar-refractivity contribution < 1.29 is 22.7 Å². The van der Waals surface area contributed by atoms with Gasteiger partial charge in [0, 0.05) is 12.7 Å². The summed E-state index contributed by atoms with van der Waals surface area (Å²) in [7, 11) is 0.